The average molecular weight is 221 g/mol. The number of methoxy groups -OCH3 is 1. The third-order valence-corrected chi connectivity index (χ3v) is 3.12. The summed E-state index contributed by atoms with van der Waals surface area (Å²) in [5.74, 6) is 1.92. The first-order chi connectivity index (χ1) is 7.63. The van der Waals surface area contributed by atoms with Gasteiger partial charge in [0.25, 0.3) is 0 Å². The Labute approximate surface area is 98.8 Å². The van der Waals surface area contributed by atoms with Crippen molar-refractivity contribution in [1.29, 1.82) is 0 Å². The molecule has 0 aliphatic rings. The summed E-state index contributed by atoms with van der Waals surface area (Å²) in [4.78, 5) is 0. The molecular formula is C14H23NO. The molecular weight excluding hydrogens is 198 g/mol. The smallest absolute Gasteiger partial charge is 0.122 e. The third kappa shape index (κ3) is 2.76. The monoisotopic (exact) mass is 221 g/mol. The highest BCUT2D eigenvalue weighted by molar-refractivity contribution is 5.40. The fourth-order valence-electron chi connectivity index (χ4n) is 2.00. The molecule has 0 heterocycles. The molecule has 1 atom stereocenters. The van der Waals surface area contributed by atoms with E-state index in [1.54, 1.807) is 7.11 Å². The fraction of sp³-hybridized carbons (Fsp3) is 0.571. The summed E-state index contributed by atoms with van der Waals surface area (Å²) in [6.07, 6.45) is 1.08. The molecule has 1 unspecified atom stereocenters. The molecule has 0 spiro atoms. The lowest BCUT2D eigenvalue weighted by Gasteiger charge is -2.17. The highest BCUT2D eigenvalue weighted by atomic mass is 16.5. The van der Waals surface area contributed by atoms with Gasteiger partial charge in [-0.25, -0.2) is 0 Å². The molecule has 0 bridgehead atoms. The van der Waals surface area contributed by atoms with E-state index in [-0.39, 0.29) is 0 Å². The Hall–Kier alpha value is -1.02. The SMILES string of the molecule is CCC(CN)c1ccc(OC)c(C(C)C)c1. The molecule has 0 radical (unpaired) electrons. The molecule has 0 amide bonds. The van der Waals surface area contributed by atoms with Crippen molar-refractivity contribution in [1.82, 2.24) is 0 Å². The second-order valence-corrected chi connectivity index (χ2v) is 4.50. The van der Waals surface area contributed by atoms with Crippen molar-refractivity contribution in [2.75, 3.05) is 13.7 Å². The first-order valence-electron chi connectivity index (χ1n) is 6.01. The van der Waals surface area contributed by atoms with Crippen molar-refractivity contribution in [3.05, 3.63) is 29.3 Å². The van der Waals surface area contributed by atoms with E-state index in [9.17, 15) is 0 Å². The van der Waals surface area contributed by atoms with Crippen LogP contribution >= 0.6 is 0 Å². The minimum absolute atomic E-state index is 0.461. The van der Waals surface area contributed by atoms with Crippen LogP contribution in [0.2, 0.25) is 0 Å². The summed E-state index contributed by atoms with van der Waals surface area (Å²) in [5, 5.41) is 0. The Balaban J connectivity index is 3.10. The van der Waals surface area contributed by atoms with Gasteiger partial charge in [0.15, 0.2) is 0 Å². The molecule has 1 aromatic carbocycles. The maximum atomic E-state index is 5.78. The highest BCUT2D eigenvalue weighted by Crippen LogP contribution is 2.30. The molecule has 16 heavy (non-hydrogen) atoms. The molecule has 2 N–H and O–H groups in total. The maximum Gasteiger partial charge on any atom is 0.122 e. The number of benzene rings is 1. The zero-order valence-corrected chi connectivity index (χ0v) is 10.8. The maximum absolute atomic E-state index is 5.78. The molecule has 2 nitrogen and oxygen atoms in total. The van der Waals surface area contributed by atoms with Crippen LogP contribution in [-0.2, 0) is 0 Å². The molecule has 1 aromatic rings. The molecule has 1 rings (SSSR count). The van der Waals surface area contributed by atoms with Crippen LogP contribution in [0.15, 0.2) is 18.2 Å². The van der Waals surface area contributed by atoms with E-state index < -0.39 is 0 Å². The minimum atomic E-state index is 0.461. The molecule has 0 aromatic heterocycles. The molecule has 2 heteroatoms. The summed E-state index contributed by atoms with van der Waals surface area (Å²) >= 11 is 0. The van der Waals surface area contributed by atoms with E-state index in [2.05, 4.69) is 39.0 Å². The van der Waals surface area contributed by atoms with E-state index in [1.807, 2.05) is 0 Å². The lowest BCUT2D eigenvalue weighted by atomic mass is 9.91. The first-order valence-corrected chi connectivity index (χ1v) is 6.01. The van der Waals surface area contributed by atoms with Crippen LogP contribution in [0.5, 0.6) is 5.75 Å². The van der Waals surface area contributed by atoms with Crippen LogP contribution in [0.3, 0.4) is 0 Å². The summed E-state index contributed by atoms with van der Waals surface area (Å²) in [6, 6.07) is 6.43. The first kappa shape index (κ1) is 13.0. The van der Waals surface area contributed by atoms with Crippen molar-refractivity contribution >= 4 is 0 Å². The number of hydrogen-bond donors (Lipinski definition) is 1. The van der Waals surface area contributed by atoms with Gasteiger partial charge >= 0.3 is 0 Å². The Bertz CT molecular complexity index is 330. The van der Waals surface area contributed by atoms with Crippen LogP contribution in [-0.4, -0.2) is 13.7 Å². The second kappa shape index (κ2) is 5.90. The predicted octanol–water partition coefficient (Wildman–Crippen LogP) is 3.27. The fourth-order valence-corrected chi connectivity index (χ4v) is 2.00. The Kier molecular flexibility index (Phi) is 4.81. The lowest BCUT2D eigenvalue weighted by Crippen LogP contribution is -2.12. The van der Waals surface area contributed by atoms with Gasteiger partial charge in [-0.3, -0.25) is 0 Å². The van der Waals surface area contributed by atoms with Crippen molar-refractivity contribution < 1.29 is 4.74 Å². The topological polar surface area (TPSA) is 35.2 Å². The number of ether oxygens (including phenoxy) is 1. The van der Waals surface area contributed by atoms with E-state index in [4.69, 9.17) is 10.5 Å². The molecule has 0 saturated heterocycles. The van der Waals surface area contributed by atoms with E-state index >= 15 is 0 Å². The summed E-state index contributed by atoms with van der Waals surface area (Å²) in [6.45, 7) is 7.26. The summed E-state index contributed by atoms with van der Waals surface area (Å²) in [7, 11) is 1.72. The van der Waals surface area contributed by atoms with Gasteiger partial charge in [0, 0.05) is 0 Å². The second-order valence-electron chi connectivity index (χ2n) is 4.50. The van der Waals surface area contributed by atoms with Crippen LogP contribution in [0.4, 0.5) is 0 Å². The lowest BCUT2D eigenvalue weighted by molar-refractivity contribution is 0.407. The Morgan fingerprint density at radius 1 is 1.31 bits per heavy atom. The van der Waals surface area contributed by atoms with Crippen LogP contribution in [0.25, 0.3) is 0 Å². The number of rotatable bonds is 5. The molecule has 0 fully saturated rings. The van der Waals surface area contributed by atoms with E-state index in [0.717, 1.165) is 12.2 Å². The molecule has 90 valence electrons. The van der Waals surface area contributed by atoms with Gasteiger partial charge in [-0.1, -0.05) is 32.9 Å². The zero-order valence-electron chi connectivity index (χ0n) is 10.8. The molecule has 0 saturated carbocycles. The summed E-state index contributed by atoms with van der Waals surface area (Å²) < 4.78 is 5.38. The van der Waals surface area contributed by atoms with Crippen molar-refractivity contribution in [3.63, 3.8) is 0 Å². The normalized spacial score (nSPS) is 12.9. The number of hydrogen-bond acceptors (Lipinski definition) is 2. The van der Waals surface area contributed by atoms with Crippen molar-refractivity contribution in [2.24, 2.45) is 5.73 Å². The van der Waals surface area contributed by atoms with Crippen molar-refractivity contribution in [3.8, 4) is 5.75 Å². The van der Waals surface area contributed by atoms with Crippen LogP contribution in [0, 0.1) is 0 Å². The average Bonchev–Trinajstić information content (AvgIpc) is 2.30. The Morgan fingerprint density at radius 3 is 2.44 bits per heavy atom. The minimum Gasteiger partial charge on any atom is -0.496 e. The Morgan fingerprint density at radius 2 is 2.00 bits per heavy atom. The van der Waals surface area contributed by atoms with Gasteiger partial charge in [0.2, 0.25) is 0 Å². The van der Waals surface area contributed by atoms with Gasteiger partial charge < -0.3 is 10.5 Å². The predicted molar refractivity (Wildman–Crippen MR) is 69.2 cm³/mol. The van der Waals surface area contributed by atoms with Gasteiger partial charge in [0.1, 0.15) is 5.75 Å². The quantitative estimate of drug-likeness (QED) is 0.828. The standard InChI is InChI=1S/C14H23NO/c1-5-11(9-15)12-6-7-14(16-4)13(8-12)10(2)3/h6-8,10-11H,5,9,15H2,1-4H3. The van der Waals surface area contributed by atoms with Crippen LogP contribution in [0.1, 0.15) is 50.2 Å². The summed E-state index contributed by atoms with van der Waals surface area (Å²) in [5.41, 5.74) is 8.38. The van der Waals surface area contributed by atoms with E-state index in [1.165, 1.54) is 11.1 Å². The zero-order chi connectivity index (χ0) is 12.1. The van der Waals surface area contributed by atoms with Gasteiger partial charge in [-0.05, 0) is 42.0 Å². The number of nitrogens with two attached hydrogens (primary N) is 1. The highest BCUT2D eigenvalue weighted by Gasteiger charge is 2.12. The van der Waals surface area contributed by atoms with Gasteiger partial charge in [-0.15, -0.1) is 0 Å². The third-order valence-electron chi connectivity index (χ3n) is 3.12. The van der Waals surface area contributed by atoms with Gasteiger partial charge in [0.05, 0.1) is 7.11 Å². The molecule has 0 aliphatic heterocycles. The van der Waals surface area contributed by atoms with Crippen LogP contribution < -0.4 is 10.5 Å². The van der Waals surface area contributed by atoms with E-state index in [0.29, 0.717) is 18.4 Å². The van der Waals surface area contributed by atoms with Gasteiger partial charge in [-0.2, -0.15) is 0 Å². The van der Waals surface area contributed by atoms with Crippen molar-refractivity contribution in [2.45, 2.75) is 39.0 Å². The molecule has 0 aliphatic carbocycles. The largest absolute Gasteiger partial charge is 0.496 e.